The molecule has 10 nitrogen and oxygen atoms in total. The van der Waals surface area contributed by atoms with E-state index in [1.54, 1.807) is 37.7 Å². The second kappa shape index (κ2) is 8.03. The molecule has 1 saturated heterocycles. The van der Waals surface area contributed by atoms with Gasteiger partial charge in [-0.25, -0.2) is 23.7 Å². The molecular formula is C24H26FN7O3. The lowest BCUT2D eigenvalue weighted by Gasteiger charge is -2.38. The van der Waals surface area contributed by atoms with Crippen molar-refractivity contribution in [2.24, 2.45) is 5.92 Å². The first-order valence-electron chi connectivity index (χ1n) is 11.3. The number of hydrogen-bond acceptors (Lipinski definition) is 6. The van der Waals surface area contributed by atoms with Crippen molar-refractivity contribution >= 4 is 29.1 Å². The van der Waals surface area contributed by atoms with Crippen molar-refractivity contribution in [2.75, 3.05) is 18.4 Å². The fourth-order valence-corrected chi connectivity index (χ4v) is 3.99. The number of anilines is 1. The number of rotatable bonds is 3. The second-order valence-electron chi connectivity index (χ2n) is 9.87. The molecule has 4 aromatic heterocycles. The first kappa shape index (κ1) is 22.8. The van der Waals surface area contributed by atoms with Gasteiger partial charge in [-0.1, -0.05) is 0 Å². The van der Waals surface area contributed by atoms with E-state index in [-0.39, 0.29) is 36.4 Å². The van der Waals surface area contributed by atoms with Crippen LogP contribution in [0.4, 0.5) is 15.0 Å². The van der Waals surface area contributed by atoms with Gasteiger partial charge in [-0.05, 0) is 52.3 Å². The van der Waals surface area contributed by atoms with Crippen LogP contribution < -0.4 is 5.32 Å². The molecule has 1 fully saturated rings. The van der Waals surface area contributed by atoms with Gasteiger partial charge in [0, 0.05) is 24.8 Å². The number of carbonyl (C=O) groups excluding carboxylic acids is 2. The van der Waals surface area contributed by atoms with Gasteiger partial charge >= 0.3 is 6.09 Å². The first-order valence-corrected chi connectivity index (χ1v) is 11.3. The van der Waals surface area contributed by atoms with Gasteiger partial charge in [0.25, 0.3) is 0 Å². The van der Waals surface area contributed by atoms with Crippen molar-refractivity contribution in [3.63, 3.8) is 0 Å². The molecule has 5 heterocycles. The molecule has 0 radical (unpaired) electrons. The monoisotopic (exact) mass is 479 g/mol. The van der Waals surface area contributed by atoms with E-state index in [1.807, 2.05) is 26.1 Å². The lowest BCUT2D eigenvalue weighted by atomic mass is 10.00. The van der Waals surface area contributed by atoms with Crippen molar-refractivity contribution in [2.45, 2.75) is 40.2 Å². The van der Waals surface area contributed by atoms with Crippen molar-refractivity contribution in [1.29, 1.82) is 0 Å². The second-order valence-corrected chi connectivity index (χ2v) is 9.87. The van der Waals surface area contributed by atoms with E-state index in [4.69, 9.17) is 4.74 Å². The van der Waals surface area contributed by atoms with E-state index in [0.717, 1.165) is 16.9 Å². The molecule has 5 rings (SSSR count). The third-order valence-corrected chi connectivity index (χ3v) is 5.69. The molecule has 0 unspecified atom stereocenters. The molecule has 2 amide bonds. The Bertz CT molecular complexity index is 1480. The molecule has 0 spiro atoms. The first-order chi connectivity index (χ1) is 16.5. The third-order valence-electron chi connectivity index (χ3n) is 5.69. The summed E-state index contributed by atoms with van der Waals surface area (Å²) in [6.07, 6.45) is 4.63. The Morgan fingerprint density at radius 1 is 1.09 bits per heavy atom. The number of imidazole rings is 2. The van der Waals surface area contributed by atoms with Crippen molar-refractivity contribution in [3.8, 4) is 11.3 Å². The zero-order valence-electron chi connectivity index (χ0n) is 20.2. The number of carbonyl (C=O) groups is 2. The van der Waals surface area contributed by atoms with Crippen LogP contribution in [0, 0.1) is 25.6 Å². The van der Waals surface area contributed by atoms with Gasteiger partial charge in [-0.3, -0.25) is 4.79 Å². The average molecular weight is 480 g/mol. The summed E-state index contributed by atoms with van der Waals surface area (Å²) in [6.45, 7) is 9.70. The topological polar surface area (TPSA) is 106 Å². The van der Waals surface area contributed by atoms with Gasteiger partial charge < -0.3 is 19.4 Å². The molecule has 0 bridgehead atoms. The Morgan fingerprint density at radius 2 is 1.83 bits per heavy atom. The van der Waals surface area contributed by atoms with Gasteiger partial charge in [-0.2, -0.15) is 5.10 Å². The minimum absolute atomic E-state index is 0.0873. The maximum atomic E-state index is 14.9. The highest BCUT2D eigenvalue weighted by Crippen LogP contribution is 2.25. The minimum atomic E-state index is -0.596. The van der Waals surface area contributed by atoms with Crippen molar-refractivity contribution in [3.05, 3.63) is 47.8 Å². The highest BCUT2D eigenvalue weighted by Gasteiger charge is 2.38. The molecule has 11 heteroatoms. The van der Waals surface area contributed by atoms with Gasteiger partial charge in [0.05, 0.1) is 29.7 Å². The van der Waals surface area contributed by atoms with Crippen LogP contribution in [0.2, 0.25) is 0 Å². The summed E-state index contributed by atoms with van der Waals surface area (Å²) in [4.78, 5) is 34.8. The Labute approximate surface area is 200 Å². The number of likely N-dealkylation sites (tertiary alicyclic amines) is 1. The van der Waals surface area contributed by atoms with Crippen molar-refractivity contribution < 1.29 is 18.7 Å². The predicted octanol–water partition coefficient (Wildman–Crippen LogP) is 3.61. The summed E-state index contributed by atoms with van der Waals surface area (Å²) in [5.74, 6) is -0.979. The van der Waals surface area contributed by atoms with E-state index in [2.05, 4.69) is 20.4 Å². The van der Waals surface area contributed by atoms with Crippen LogP contribution in [0.1, 0.15) is 32.0 Å². The van der Waals surface area contributed by atoms with Crippen molar-refractivity contribution in [1.82, 2.24) is 28.9 Å². The van der Waals surface area contributed by atoms with E-state index in [0.29, 0.717) is 11.3 Å². The highest BCUT2D eigenvalue weighted by molar-refractivity contribution is 5.93. The Morgan fingerprint density at radius 3 is 2.54 bits per heavy atom. The average Bonchev–Trinajstić information content (AvgIpc) is 3.28. The number of pyridine rings is 1. The molecule has 0 saturated carbocycles. The molecule has 0 atom stereocenters. The van der Waals surface area contributed by atoms with Gasteiger partial charge in [0.1, 0.15) is 5.60 Å². The number of aryl methyl sites for hydroxylation is 2. The summed E-state index contributed by atoms with van der Waals surface area (Å²) >= 11 is 0. The number of nitrogens with one attached hydrogen (secondary N) is 1. The molecule has 1 aliphatic heterocycles. The quantitative estimate of drug-likeness (QED) is 0.481. The molecule has 182 valence electrons. The van der Waals surface area contributed by atoms with Crippen LogP contribution in [0.25, 0.3) is 22.6 Å². The summed E-state index contributed by atoms with van der Waals surface area (Å²) < 4.78 is 23.4. The Hall–Kier alpha value is -4.02. The van der Waals surface area contributed by atoms with Gasteiger partial charge in [0.2, 0.25) is 5.91 Å². The summed E-state index contributed by atoms with van der Waals surface area (Å²) in [7, 11) is 0. The van der Waals surface area contributed by atoms with Gasteiger partial charge in [-0.15, -0.1) is 0 Å². The summed E-state index contributed by atoms with van der Waals surface area (Å²) in [5.41, 5.74) is 3.16. The lowest BCUT2D eigenvalue weighted by Crippen LogP contribution is -2.55. The summed E-state index contributed by atoms with van der Waals surface area (Å²) in [5, 5.41) is 7.28. The minimum Gasteiger partial charge on any atom is -0.444 e. The predicted molar refractivity (Wildman–Crippen MR) is 127 cm³/mol. The van der Waals surface area contributed by atoms with Crippen LogP contribution >= 0.6 is 0 Å². The van der Waals surface area contributed by atoms with Gasteiger partial charge in [0.15, 0.2) is 22.9 Å². The fourth-order valence-electron chi connectivity index (χ4n) is 3.99. The number of halogens is 1. The normalized spacial score (nSPS) is 14.4. The number of fused-ring (bicyclic) bond motifs is 2. The van der Waals surface area contributed by atoms with Crippen LogP contribution in [0.5, 0.6) is 0 Å². The third kappa shape index (κ3) is 4.41. The standard InChI is InChI=1S/C24H26FN7O3/c1-13-6-18(29-32-8-14(2)26-20(13)32)15-7-17(25)21-27-19(12-30(21)9-15)28-22(33)16-10-31(11-16)23(34)35-24(3,4)5/h6-9,12,16H,10-11H2,1-5H3,(H,28,33). The Kier molecular flexibility index (Phi) is 5.22. The van der Waals surface area contributed by atoms with E-state index in [9.17, 15) is 14.0 Å². The maximum Gasteiger partial charge on any atom is 0.410 e. The number of ether oxygens (including phenoxy) is 1. The molecular weight excluding hydrogens is 453 g/mol. The van der Waals surface area contributed by atoms with E-state index < -0.39 is 17.5 Å². The van der Waals surface area contributed by atoms with Crippen LogP contribution in [0.15, 0.2) is 30.7 Å². The number of nitrogens with zero attached hydrogens (tertiary/aromatic N) is 6. The zero-order valence-corrected chi connectivity index (χ0v) is 20.2. The number of aromatic nitrogens is 5. The molecule has 35 heavy (non-hydrogen) atoms. The molecule has 1 N–H and O–H groups in total. The smallest absolute Gasteiger partial charge is 0.410 e. The van der Waals surface area contributed by atoms with E-state index >= 15 is 0 Å². The number of hydrogen-bond donors (Lipinski definition) is 1. The maximum absolute atomic E-state index is 14.9. The molecule has 1 aliphatic rings. The number of amides is 2. The highest BCUT2D eigenvalue weighted by atomic mass is 19.1. The molecule has 4 aromatic rings. The fraction of sp³-hybridized carbons (Fsp3) is 0.375. The molecule has 0 aliphatic carbocycles. The summed E-state index contributed by atoms with van der Waals surface area (Å²) in [6, 6.07) is 3.23. The lowest BCUT2D eigenvalue weighted by molar-refractivity contribution is -0.124. The largest absolute Gasteiger partial charge is 0.444 e. The van der Waals surface area contributed by atoms with Crippen LogP contribution in [-0.4, -0.2) is 59.6 Å². The zero-order chi connectivity index (χ0) is 25.1. The Balaban J connectivity index is 1.32. The SMILES string of the molecule is Cc1cn2nc(-c3cc(F)c4nc(NC(=O)C5CN(C(=O)OC(C)(C)C)C5)cn4c3)cc(C)c2n1. The molecule has 0 aromatic carbocycles. The van der Waals surface area contributed by atoms with Crippen LogP contribution in [-0.2, 0) is 9.53 Å². The van der Waals surface area contributed by atoms with E-state index in [1.165, 1.54) is 15.4 Å². The van der Waals surface area contributed by atoms with Crippen LogP contribution in [0.3, 0.4) is 0 Å².